The van der Waals surface area contributed by atoms with Crippen LogP contribution >= 0.6 is 11.8 Å². The molecule has 14 heavy (non-hydrogen) atoms. The molecule has 1 N–H and O–H groups in total. The molecule has 0 radical (unpaired) electrons. The molecule has 1 aliphatic rings. The third-order valence-corrected chi connectivity index (χ3v) is 3.88. The van der Waals surface area contributed by atoms with Gasteiger partial charge >= 0.3 is 0 Å². The summed E-state index contributed by atoms with van der Waals surface area (Å²) in [7, 11) is 1.67. The summed E-state index contributed by atoms with van der Waals surface area (Å²) in [6.45, 7) is 2.05. The van der Waals surface area contributed by atoms with Crippen molar-refractivity contribution in [1.29, 1.82) is 0 Å². The molecular formula is C11H14O2S. The van der Waals surface area contributed by atoms with Gasteiger partial charge in [0.1, 0.15) is 5.75 Å². The molecule has 76 valence electrons. The van der Waals surface area contributed by atoms with Crippen molar-refractivity contribution in [3.05, 3.63) is 29.3 Å². The molecule has 0 fully saturated rings. The maximum absolute atomic E-state index is 9.97. The van der Waals surface area contributed by atoms with Gasteiger partial charge < -0.3 is 9.84 Å². The zero-order chi connectivity index (χ0) is 10.1. The molecule has 0 spiro atoms. The van der Waals surface area contributed by atoms with Crippen molar-refractivity contribution in [3.8, 4) is 5.75 Å². The lowest BCUT2D eigenvalue weighted by Crippen LogP contribution is -2.18. The molecule has 2 nitrogen and oxygen atoms in total. The topological polar surface area (TPSA) is 29.5 Å². The fourth-order valence-corrected chi connectivity index (χ4v) is 2.83. The maximum atomic E-state index is 9.97. The lowest BCUT2D eigenvalue weighted by Gasteiger charge is -2.28. The van der Waals surface area contributed by atoms with Gasteiger partial charge in [-0.15, -0.1) is 0 Å². The van der Waals surface area contributed by atoms with E-state index in [-0.39, 0.29) is 11.4 Å². The molecule has 2 unspecified atom stereocenters. The summed E-state index contributed by atoms with van der Waals surface area (Å²) >= 11 is 1.77. The van der Waals surface area contributed by atoms with Crippen LogP contribution in [0.4, 0.5) is 0 Å². The van der Waals surface area contributed by atoms with Gasteiger partial charge in [0.25, 0.3) is 0 Å². The van der Waals surface area contributed by atoms with Crippen molar-refractivity contribution in [1.82, 2.24) is 0 Å². The van der Waals surface area contributed by atoms with Gasteiger partial charge in [-0.3, -0.25) is 0 Å². The molecule has 1 aromatic rings. The minimum absolute atomic E-state index is 0.273. The van der Waals surface area contributed by atoms with E-state index in [0.29, 0.717) is 0 Å². The number of rotatable bonds is 1. The molecule has 2 atom stereocenters. The highest BCUT2D eigenvalue weighted by atomic mass is 32.2. The molecular weight excluding hydrogens is 196 g/mol. The Bertz CT molecular complexity index is 338. The maximum Gasteiger partial charge on any atom is 0.123 e. The standard InChI is InChI=1S/C11H14O2S/c1-7-11(12)8-4-3-5-10(13-2)9(8)6-14-7/h3-5,7,11-12H,6H2,1-2H3. The van der Waals surface area contributed by atoms with Gasteiger partial charge in [0.15, 0.2) is 0 Å². The van der Waals surface area contributed by atoms with Crippen molar-refractivity contribution in [2.75, 3.05) is 7.11 Å². The Kier molecular flexibility index (Phi) is 2.70. The minimum atomic E-state index is -0.362. The first-order valence-electron chi connectivity index (χ1n) is 4.69. The van der Waals surface area contributed by atoms with Gasteiger partial charge in [-0.05, 0) is 11.6 Å². The fraction of sp³-hybridized carbons (Fsp3) is 0.455. The van der Waals surface area contributed by atoms with Gasteiger partial charge in [0, 0.05) is 16.6 Å². The van der Waals surface area contributed by atoms with E-state index >= 15 is 0 Å². The van der Waals surface area contributed by atoms with Crippen LogP contribution in [-0.4, -0.2) is 17.5 Å². The average molecular weight is 210 g/mol. The van der Waals surface area contributed by atoms with Crippen LogP contribution in [0.15, 0.2) is 18.2 Å². The van der Waals surface area contributed by atoms with Crippen LogP contribution in [0.3, 0.4) is 0 Å². The summed E-state index contributed by atoms with van der Waals surface area (Å²) < 4.78 is 5.27. The molecule has 1 heterocycles. The number of fused-ring (bicyclic) bond motifs is 1. The second-order valence-electron chi connectivity index (χ2n) is 3.49. The first kappa shape index (κ1) is 9.87. The first-order chi connectivity index (χ1) is 6.74. The number of hydrogen-bond donors (Lipinski definition) is 1. The van der Waals surface area contributed by atoms with Gasteiger partial charge in [0.2, 0.25) is 0 Å². The largest absolute Gasteiger partial charge is 0.496 e. The SMILES string of the molecule is COc1cccc2c1CSC(C)C2O. The Morgan fingerprint density at radius 2 is 2.29 bits per heavy atom. The number of hydrogen-bond acceptors (Lipinski definition) is 3. The molecule has 2 rings (SSSR count). The van der Waals surface area contributed by atoms with Crippen molar-refractivity contribution >= 4 is 11.8 Å². The monoisotopic (exact) mass is 210 g/mol. The molecule has 0 saturated carbocycles. The third kappa shape index (κ3) is 1.51. The number of thioether (sulfide) groups is 1. The Morgan fingerprint density at radius 3 is 3.00 bits per heavy atom. The predicted octanol–water partition coefficient (Wildman–Crippen LogP) is 2.36. The number of methoxy groups -OCH3 is 1. The Hall–Kier alpha value is -0.670. The summed E-state index contributed by atoms with van der Waals surface area (Å²) in [5.74, 6) is 1.82. The van der Waals surface area contributed by atoms with E-state index < -0.39 is 0 Å². The van der Waals surface area contributed by atoms with Crippen LogP contribution in [0.1, 0.15) is 24.2 Å². The second kappa shape index (κ2) is 3.83. The van der Waals surface area contributed by atoms with Gasteiger partial charge in [-0.2, -0.15) is 11.8 Å². The average Bonchev–Trinajstić information content (AvgIpc) is 2.23. The summed E-state index contributed by atoms with van der Waals surface area (Å²) in [5.41, 5.74) is 2.17. The number of ether oxygens (including phenoxy) is 1. The Labute approximate surface area is 88.3 Å². The van der Waals surface area contributed by atoms with E-state index in [1.54, 1.807) is 18.9 Å². The third-order valence-electron chi connectivity index (χ3n) is 2.64. The molecule has 1 aliphatic heterocycles. The van der Waals surface area contributed by atoms with Gasteiger partial charge in [-0.25, -0.2) is 0 Å². The quantitative estimate of drug-likeness (QED) is 0.771. The molecule has 0 saturated heterocycles. The van der Waals surface area contributed by atoms with E-state index in [0.717, 1.165) is 22.6 Å². The molecule has 1 aromatic carbocycles. The van der Waals surface area contributed by atoms with Crippen LogP contribution in [-0.2, 0) is 5.75 Å². The normalized spacial score (nSPS) is 25.6. The smallest absolute Gasteiger partial charge is 0.123 e. The van der Waals surface area contributed by atoms with Crippen molar-refractivity contribution < 1.29 is 9.84 Å². The fourth-order valence-electron chi connectivity index (χ4n) is 1.76. The van der Waals surface area contributed by atoms with Gasteiger partial charge in [-0.1, -0.05) is 19.1 Å². The highest BCUT2D eigenvalue weighted by Gasteiger charge is 2.26. The van der Waals surface area contributed by atoms with Gasteiger partial charge in [0.05, 0.1) is 13.2 Å². The van der Waals surface area contributed by atoms with Crippen LogP contribution in [0.5, 0.6) is 5.75 Å². The van der Waals surface area contributed by atoms with E-state index in [4.69, 9.17) is 4.74 Å². The van der Waals surface area contributed by atoms with Crippen LogP contribution in [0.25, 0.3) is 0 Å². The summed E-state index contributed by atoms with van der Waals surface area (Å²) in [5, 5.41) is 10.2. The lowest BCUT2D eigenvalue weighted by atomic mass is 10.00. The van der Waals surface area contributed by atoms with E-state index in [1.165, 1.54) is 0 Å². The van der Waals surface area contributed by atoms with Crippen LogP contribution in [0.2, 0.25) is 0 Å². The van der Waals surface area contributed by atoms with E-state index in [1.807, 2.05) is 18.2 Å². The minimum Gasteiger partial charge on any atom is -0.496 e. The van der Waals surface area contributed by atoms with Crippen LogP contribution in [0, 0.1) is 0 Å². The first-order valence-corrected chi connectivity index (χ1v) is 5.74. The molecule has 0 bridgehead atoms. The Balaban J connectivity index is 2.47. The zero-order valence-corrected chi connectivity index (χ0v) is 9.17. The predicted molar refractivity (Wildman–Crippen MR) is 58.7 cm³/mol. The Morgan fingerprint density at radius 1 is 1.50 bits per heavy atom. The van der Waals surface area contributed by atoms with Crippen molar-refractivity contribution in [2.45, 2.75) is 24.0 Å². The molecule has 0 aromatic heterocycles. The van der Waals surface area contributed by atoms with Crippen LogP contribution < -0.4 is 4.74 Å². The molecule has 0 aliphatic carbocycles. The highest BCUT2D eigenvalue weighted by Crippen LogP contribution is 2.40. The lowest BCUT2D eigenvalue weighted by molar-refractivity contribution is 0.176. The van der Waals surface area contributed by atoms with E-state index in [2.05, 4.69) is 6.92 Å². The summed E-state index contributed by atoms with van der Waals surface area (Å²) in [6, 6.07) is 5.87. The highest BCUT2D eigenvalue weighted by molar-refractivity contribution is 7.99. The zero-order valence-electron chi connectivity index (χ0n) is 8.36. The molecule has 0 amide bonds. The number of aliphatic hydroxyl groups is 1. The second-order valence-corrected chi connectivity index (χ2v) is 4.85. The summed E-state index contributed by atoms with van der Waals surface area (Å²) in [4.78, 5) is 0. The number of benzene rings is 1. The summed E-state index contributed by atoms with van der Waals surface area (Å²) in [6.07, 6.45) is -0.362. The van der Waals surface area contributed by atoms with E-state index in [9.17, 15) is 5.11 Å². The molecule has 3 heteroatoms. The van der Waals surface area contributed by atoms with Crippen molar-refractivity contribution in [3.63, 3.8) is 0 Å². The van der Waals surface area contributed by atoms with Crippen molar-refractivity contribution in [2.24, 2.45) is 0 Å². The number of aliphatic hydroxyl groups excluding tert-OH is 1.